The third-order valence-electron chi connectivity index (χ3n) is 4.73. The van der Waals surface area contributed by atoms with E-state index in [1.807, 2.05) is 0 Å². The van der Waals surface area contributed by atoms with Crippen molar-refractivity contribution in [2.45, 2.75) is 46.3 Å². The molecule has 2 nitrogen and oxygen atoms in total. The molecule has 0 fully saturated rings. The first-order chi connectivity index (χ1) is 11.2. The molecule has 0 aliphatic carbocycles. The number of hydrogen-bond acceptors (Lipinski definition) is 1. The molecule has 23 heavy (non-hydrogen) atoms. The lowest BCUT2D eigenvalue weighted by Crippen LogP contribution is -2.24. The van der Waals surface area contributed by atoms with Gasteiger partial charge in [0.2, 0.25) is 0 Å². The van der Waals surface area contributed by atoms with E-state index in [1.54, 1.807) is 0 Å². The third-order valence-corrected chi connectivity index (χ3v) is 4.73. The number of benzene rings is 2. The van der Waals surface area contributed by atoms with Crippen molar-refractivity contribution in [2.75, 3.05) is 0 Å². The van der Waals surface area contributed by atoms with E-state index in [1.165, 1.54) is 27.6 Å². The van der Waals surface area contributed by atoms with Gasteiger partial charge in [0.1, 0.15) is 0 Å². The highest BCUT2D eigenvalue weighted by Crippen LogP contribution is 2.23. The second-order valence-electron chi connectivity index (χ2n) is 6.42. The van der Waals surface area contributed by atoms with E-state index < -0.39 is 0 Å². The molecule has 120 valence electrons. The van der Waals surface area contributed by atoms with Crippen LogP contribution in [0.2, 0.25) is 0 Å². The molecule has 3 rings (SSSR count). The van der Waals surface area contributed by atoms with Crippen LogP contribution in [0, 0.1) is 6.92 Å². The summed E-state index contributed by atoms with van der Waals surface area (Å²) in [6.07, 6.45) is 3.47. The monoisotopic (exact) mass is 306 g/mol. The summed E-state index contributed by atoms with van der Waals surface area (Å²) < 4.78 is 2.38. The van der Waals surface area contributed by atoms with Crippen molar-refractivity contribution in [2.24, 2.45) is 0 Å². The summed E-state index contributed by atoms with van der Waals surface area (Å²) in [7, 11) is 0. The van der Waals surface area contributed by atoms with E-state index in [0.29, 0.717) is 6.04 Å². The molecule has 0 aliphatic rings. The van der Waals surface area contributed by atoms with Crippen LogP contribution in [0.25, 0.3) is 10.9 Å². The summed E-state index contributed by atoms with van der Waals surface area (Å²) in [5, 5.41) is 4.97. The molecule has 2 heteroatoms. The van der Waals surface area contributed by atoms with E-state index in [-0.39, 0.29) is 0 Å². The molecule has 0 bridgehead atoms. The second kappa shape index (κ2) is 7.01. The number of nitrogens with one attached hydrogen (secondary N) is 1. The lowest BCUT2D eigenvalue weighted by Gasteiger charge is -2.10. The smallest absolute Gasteiger partial charge is 0.0486 e. The largest absolute Gasteiger partial charge is 0.343 e. The van der Waals surface area contributed by atoms with Gasteiger partial charge in [0, 0.05) is 36.2 Å². The Labute approximate surface area is 139 Å². The minimum absolute atomic E-state index is 0.550. The van der Waals surface area contributed by atoms with Crippen molar-refractivity contribution >= 4 is 10.9 Å². The molecule has 0 unspecified atom stereocenters. The Morgan fingerprint density at radius 3 is 2.52 bits per heavy atom. The van der Waals surface area contributed by atoms with E-state index in [2.05, 4.69) is 85.4 Å². The maximum Gasteiger partial charge on any atom is 0.0486 e. The Hall–Kier alpha value is -2.06. The van der Waals surface area contributed by atoms with Crippen LogP contribution in [0.3, 0.4) is 0 Å². The summed E-state index contributed by atoms with van der Waals surface area (Å²) in [6, 6.07) is 17.9. The quantitative estimate of drug-likeness (QED) is 0.686. The van der Waals surface area contributed by atoms with Gasteiger partial charge in [-0.1, -0.05) is 49.4 Å². The highest BCUT2D eigenvalue weighted by atomic mass is 15.0. The molecule has 0 saturated carbocycles. The zero-order valence-corrected chi connectivity index (χ0v) is 14.3. The van der Waals surface area contributed by atoms with E-state index >= 15 is 0 Å². The van der Waals surface area contributed by atoms with Crippen LogP contribution < -0.4 is 5.32 Å². The van der Waals surface area contributed by atoms with Crippen LogP contribution in [0.15, 0.2) is 54.7 Å². The van der Waals surface area contributed by atoms with Crippen LogP contribution >= 0.6 is 0 Å². The molecule has 3 aromatic rings. The first kappa shape index (κ1) is 15.8. The van der Waals surface area contributed by atoms with Crippen molar-refractivity contribution in [1.29, 1.82) is 0 Å². The van der Waals surface area contributed by atoms with Crippen LogP contribution in [0.5, 0.6) is 0 Å². The SMILES string of the molecule is CC[C@H](C)NCc1cn(Cc2ccccc2C)c2ccccc12. The molecule has 0 spiro atoms. The Morgan fingerprint density at radius 2 is 1.74 bits per heavy atom. The lowest BCUT2D eigenvalue weighted by molar-refractivity contribution is 0.535. The average molecular weight is 306 g/mol. The van der Waals surface area contributed by atoms with Gasteiger partial charge < -0.3 is 9.88 Å². The lowest BCUT2D eigenvalue weighted by atomic mass is 10.1. The van der Waals surface area contributed by atoms with Crippen LogP contribution in [-0.4, -0.2) is 10.6 Å². The van der Waals surface area contributed by atoms with Gasteiger partial charge in [-0.05, 0) is 43.0 Å². The highest BCUT2D eigenvalue weighted by Gasteiger charge is 2.10. The minimum Gasteiger partial charge on any atom is -0.343 e. The summed E-state index contributed by atoms with van der Waals surface area (Å²) in [6.45, 7) is 8.50. The molecule has 1 heterocycles. The average Bonchev–Trinajstić information content (AvgIpc) is 2.93. The standard InChI is InChI=1S/C21H26N2/c1-4-17(3)22-13-19-15-23(21-12-8-7-11-20(19)21)14-18-10-6-5-9-16(18)2/h5-12,15,17,22H,4,13-14H2,1-3H3/t17-/m0/s1. The predicted molar refractivity (Wildman–Crippen MR) is 98.8 cm³/mol. The van der Waals surface area contributed by atoms with Gasteiger partial charge in [-0.15, -0.1) is 0 Å². The number of hydrogen-bond donors (Lipinski definition) is 1. The van der Waals surface area contributed by atoms with E-state index in [9.17, 15) is 0 Å². The normalized spacial score (nSPS) is 12.7. The van der Waals surface area contributed by atoms with Gasteiger partial charge in [0.15, 0.2) is 0 Å². The van der Waals surface area contributed by atoms with Crippen molar-refractivity contribution in [1.82, 2.24) is 9.88 Å². The van der Waals surface area contributed by atoms with Crippen molar-refractivity contribution in [3.63, 3.8) is 0 Å². The summed E-state index contributed by atoms with van der Waals surface area (Å²) in [4.78, 5) is 0. The van der Waals surface area contributed by atoms with Crippen LogP contribution in [-0.2, 0) is 13.1 Å². The fourth-order valence-electron chi connectivity index (χ4n) is 2.99. The Morgan fingerprint density at radius 1 is 1.00 bits per heavy atom. The molecule has 0 radical (unpaired) electrons. The molecule has 0 aliphatic heterocycles. The van der Waals surface area contributed by atoms with Gasteiger partial charge in [0.25, 0.3) is 0 Å². The van der Waals surface area contributed by atoms with Crippen molar-refractivity contribution in [3.05, 3.63) is 71.4 Å². The van der Waals surface area contributed by atoms with Crippen molar-refractivity contribution in [3.8, 4) is 0 Å². The highest BCUT2D eigenvalue weighted by molar-refractivity contribution is 5.84. The van der Waals surface area contributed by atoms with E-state index in [0.717, 1.165) is 19.5 Å². The molecule has 1 aromatic heterocycles. The van der Waals surface area contributed by atoms with Gasteiger partial charge in [-0.25, -0.2) is 0 Å². The Kier molecular flexibility index (Phi) is 4.82. The number of rotatable bonds is 6. The number of fused-ring (bicyclic) bond motifs is 1. The Bertz CT molecular complexity index is 785. The minimum atomic E-state index is 0.550. The number of para-hydroxylation sites is 1. The summed E-state index contributed by atoms with van der Waals surface area (Å²) in [5.74, 6) is 0. The number of nitrogens with zero attached hydrogens (tertiary/aromatic N) is 1. The molecule has 2 aromatic carbocycles. The van der Waals surface area contributed by atoms with Crippen LogP contribution in [0.4, 0.5) is 0 Å². The first-order valence-electron chi connectivity index (χ1n) is 8.53. The number of aromatic nitrogens is 1. The first-order valence-corrected chi connectivity index (χ1v) is 8.53. The van der Waals surface area contributed by atoms with Gasteiger partial charge in [-0.2, -0.15) is 0 Å². The molecular weight excluding hydrogens is 280 g/mol. The zero-order chi connectivity index (χ0) is 16.2. The molecule has 1 atom stereocenters. The fraction of sp³-hybridized carbons (Fsp3) is 0.333. The van der Waals surface area contributed by atoms with Gasteiger partial charge >= 0.3 is 0 Å². The summed E-state index contributed by atoms with van der Waals surface area (Å²) in [5.41, 5.74) is 5.44. The zero-order valence-electron chi connectivity index (χ0n) is 14.3. The van der Waals surface area contributed by atoms with Crippen LogP contribution in [0.1, 0.15) is 37.0 Å². The number of aryl methyl sites for hydroxylation is 1. The molecule has 0 amide bonds. The van der Waals surface area contributed by atoms with Gasteiger partial charge in [0.05, 0.1) is 0 Å². The van der Waals surface area contributed by atoms with Crippen molar-refractivity contribution < 1.29 is 0 Å². The maximum atomic E-state index is 3.62. The fourth-order valence-corrected chi connectivity index (χ4v) is 2.99. The third kappa shape index (κ3) is 3.48. The molecule has 1 N–H and O–H groups in total. The van der Waals surface area contributed by atoms with E-state index in [4.69, 9.17) is 0 Å². The topological polar surface area (TPSA) is 17.0 Å². The van der Waals surface area contributed by atoms with Gasteiger partial charge in [-0.3, -0.25) is 0 Å². The molecular formula is C21H26N2. The molecule has 0 saturated heterocycles. The maximum absolute atomic E-state index is 3.62. The Balaban J connectivity index is 1.93. The summed E-state index contributed by atoms with van der Waals surface area (Å²) >= 11 is 0. The predicted octanol–water partition coefficient (Wildman–Crippen LogP) is 4.89. The second-order valence-corrected chi connectivity index (χ2v) is 6.42.